The lowest BCUT2D eigenvalue weighted by atomic mass is 9.98. The normalized spacial score (nSPS) is 29.4. The van der Waals surface area contributed by atoms with Gasteiger partial charge in [-0.2, -0.15) is 0 Å². The SMILES string of the molecule is COCC(C)N(C)CC1COCCC1O. The highest BCUT2D eigenvalue weighted by Crippen LogP contribution is 2.16. The van der Waals surface area contributed by atoms with Crippen LogP contribution in [0.25, 0.3) is 0 Å². The second kappa shape index (κ2) is 6.43. The molecule has 1 rings (SSSR count). The Balaban J connectivity index is 2.32. The second-order valence-electron chi connectivity index (χ2n) is 4.43. The summed E-state index contributed by atoms with van der Waals surface area (Å²) in [5.74, 6) is 0.239. The first-order valence-corrected chi connectivity index (χ1v) is 5.60. The zero-order valence-electron chi connectivity index (χ0n) is 9.98. The standard InChI is InChI=1S/C11H23NO3/c1-9(7-14-3)12(2)6-10-8-15-5-4-11(10)13/h9-11,13H,4-8H2,1-3H3. The third-order valence-corrected chi connectivity index (χ3v) is 3.12. The highest BCUT2D eigenvalue weighted by Gasteiger charge is 2.25. The molecule has 0 aromatic heterocycles. The van der Waals surface area contributed by atoms with Crippen molar-refractivity contribution in [1.82, 2.24) is 4.90 Å². The average molecular weight is 217 g/mol. The molecule has 0 aliphatic carbocycles. The molecule has 4 nitrogen and oxygen atoms in total. The lowest BCUT2D eigenvalue weighted by Gasteiger charge is -2.33. The van der Waals surface area contributed by atoms with Crippen molar-refractivity contribution >= 4 is 0 Å². The number of hydrogen-bond donors (Lipinski definition) is 1. The number of methoxy groups -OCH3 is 1. The molecule has 1 aliphatic heterocycles. The molecule has 1 heterocycles. The van der Waals surface area contributed by atoms with Gasteiger partial charge in [0.15, 0.2) is 0 Å². The summed E-state index contributed by atoms with van der Waals surface area (Å²) in [5, 5.41) is 9.79. The fourth-order valence-electron chi connectivity index (χ4n) is 1.88. The molecule has 0 radical (unpaired) electrons. The number of hydrogen-bond acceptors (Lipinski definition) is 4. The Morgan fingerprint density at radius 1 is 1.60 bits per heavy atom. The van der Waals surface area contributed by atoms with Crippen LogP contribution in [0.4, 0.5) is 0 Å². The van der Waals surface area contributed by atoms with Crippen LogP contribution in [-0.4, -0.2) is 62.7 Å². The van der Waals surface area contributed by atoms with Gasteiger partial charge >= 0.3 is 0 Å². The van der Waals surface area contributed by atoms with Gasteiger partial charge in [0.2, 0.25) is 0 Å². The van der Waals surface area contributed by atoms with E-state index >= 15 is 0 Å². The molecule has 15 heavy (non-hydrogen) atoms. The molecule has 4 heteroatoms. The molecule has 3 unspecified atom stereocenters. The Bertz CT molecular complexity index is 177. The van der Waals surface area contributed by atoms with Crippen molar-refractivity contribution in [2.75, 3.05) is 40.5 Å². The molecule has 1 N–H and O–H groups in total. The first-order chi connectivity index (χ1) is 7.15. The highest BCUT2D eigenvalue weighted by molar-refractivity contribution is 4.76. The fourth-order valence-corrected chi connectivity index (χ4v) is 1.88. The van der Waals surface area contributed by atoms with Crippen LogP contribution in [0.15, 0.2) is 0 Å². The van der Waals surface area contributed by atoms with Gasteiger partial charge in [0.05, 0.1) is 19.3 Å². The van der Waals surface area contributed by atoms with E-state index in [4.69, 9.17) is 9.47 Å². The van der Waals surface area contributed by atoms with Gasteiger partial charge in [-0.05, 0) is 20.4 Å². The minimum atomic E-state index is -0.212. The molecule has 0 aromatic carbocycles. The Morgan fingerprint density at radius 2 is 2.33 bits per heavy atom. The van der Waals surface area contributed by atoms with Crippen molar-refractivity contribution in [2.24, 2.45) is 5.92 Å². The molecule has 0 bridgehead atoms. The maximum Gasteiger partial charge on any atom is 0.0624 e. The van der Waals surface area contributed by atoms with Crippen LogP contribution in [0.3, 0.4) is 0 Å². The quantitative estimate of drug-likeness (QED) is 0.721. The monoisotopic (exact) mass is 217 g/mol. The Kier molecular flexibility index (Phi) is 5.53. The molecule has 0 amide bonds. The lowest BCUT2D eigenvalue weighted by molar-refractivity contribution is -0.0496. The van der Waals surface area contributed by atoms with E-state index in [-0.39, 0.29) is 12.0 Å². The van der Waals surface area contributed by atoms with Gasteiger partial charge in [-0.3, -0.25) is 0 Å². The van der Waals surface area contributed by atoms with E-state index in [0.29, 0.717) is 19.3 Å². The van der Waals surface area contributed by atoms with Crippen LogP contribution in [0, 0.1) is 5.92 Å². The molecular formula is C11H23NO3. The van der Waals surface area contributed by atoms with Gasteiger partial charge in [-0.25, -0.2) is 0 Å². The van der Waals surface area contributed by atoms with E-state index in [1.807, 2.05) is 0 Å². The topological polar surface area (TPSA) is 41.9 Å². The summed E-state index contributed by atoms with van der Waals surface area (Å²) in [5.41, 5.74) is 0. The number of likely N-dealkylation sites (N-methyl/N-ethyl adjacent to an activating group) is 1. The van der Waals surface area contributed by atoms with Crippen LogP contribution in [0.5, 0.6) is 0 Å². The molecule has 0 saturated carbocycles. The lowest BCUT2D eigenvalue weighted by Crippen LogP contribution is -2.43. The molecule has 1 aliphatic rings. The van der Waals surface area contributed by atoms with E-state index in [0.717, 1.165) is 19.6 Å². The van der Waals surface area contributed by atoms with Gasteiger partial charge in [0, 0.05) is 32.2 Å². The summed E-state index contributed by atoms with van der Waals surface area (Å²) in [6.07, 6.45) is 0.549. The van der Waals surface area contributed by atoms with Crippen LogP contribution in [-0.2, 0) is 9.47 Å². The minimum absolute atomic E-state index is 0.212. The Morgan fingerprint density at radius 3 is 2.93 bits per heavy atom. The zero-order valence-corrected chi connectivity index (χ0v) is 9.98. The summed E-state index contributed by atoms with van der Waals surface area (Å²) in [7, 11) is 3.77. The van der Waals surface area contributed by atoms with Gasteiger partial charge in [0.25, 0.3) is 0 Å². The van der Waals surface area contributed by atoms with Crippen LogP contribution in [0.1, 0.15) is 13.3 Å². The average Bonchev–Trinajstić information content (AvgIpc) is 2.21. The minimum Gasteiger partial charge on any atom is -0.393 e. The number of ether oxygens (including phenoxy) is 2. The fraction of sp³-hybridized carbons (Fsp3) is 1.00. The van der Waals surface area contributed by atoms with E-state index in [1.165, 1.54) is 0 Å². The van der Waals surface area contributed by atoms with Gasteiger partial charge < -0.3 is 19.5 Å². The van der Waals surface area contributed by atoms with E-state index in [9.17, 15) is 5.11 Å². The summed E-state index contributed by atoms with van der Waals surface area (Å²) in [6.45, 7) is 5.08. The Labute approximate surface area is 92.2 Å². The van der Waals surface area contributed by atoms with Crippen LogP contribution < -0.4 is 0 Å². The van der Waals surface area contributed by atoms with Crippen LogP contribution in [0.2, 0.25) is 0 Å². The van der Waals surface area contributed by atoms with Crippen molar-refractivity contribution in [3.63, 3.8) is 0 Å². The van der Waals surface area contributed by atoms with Crippen molar-refractivity contribution in [2.45, 2.75) is 25.5 Å². The maximum atomic E-state index is 9.79. The predicted octanol–water partition coefficient (Wildman–Crippen LogP) is 0.350. The van der Waals surface area contributed by atoms with Gasteiger partial charge in [-0.1, -0.05) is 0 Å². The molecular weight excluding hydrogens is 194 g/mol. The smallest absolute Gasteiger partial charge is 0.0624 e. The molecule has 0 aromatic rings. The second-order valence-corrected chi connectivity index (χ2v) is 4.43. The summed E-state index contributed by atoms with van der Waals surface area (Å²) < 4.78 is 10.5. The van der Waals surface area contributed by atoms with Crippen molar-refractivity contribution < 1.29 is 14.6 Å². The molecule has 1 saturated heterocycles. The molecule has 1 fully saturated rings. The van der Waals surface area contributed by atoms with Crippen molar-refractivity contribution in [3.8, 4) is 0 Å². The van der Waals surface area contributed by atoms with Gasteiger partial charge in [0.1, 0.15) is 0 Å². The maximum absolute atomic E-state index is 9.79. The third-order valence-electron chi connectivity index (χ3n) is 3.12. The Hall–Kier alpha value is -0.160. The van der Waals surface area contributed by atoms with Crippen molar-refractivity contribution in [1.29, 1.82) is 0 Å². The number of nitrogens with zero attached hydrogens (tertiary/aromatic N) is 1. The molecule has 0 spiro atoms. The van der Waals surface area contributed by atoms with Crippen molar-refractivity contribution in [3.05, 3.63) is 0 Å². The molecule has 90 valence electrons. The van der Waals surface area contributed by atoms with Crippen LogP contribution >= 0.6 is 0 Å². The number of rotatable bonds is 5. The zero-order chi connectivity index (χ0) is 11.3. The van der Waals surface area contributed by atoms with E-state index in [2.05, 4.69) is 18.9 Å². The third kappa shape index (κ3) is 4.07. The first-order valence-electron chi connectivity index (χ1n) is 5.60. The highest BCUT2D eigenvalue weighted by atomic mass is 16.5. The van der Waals surface area contributed by atoms with E-state index in [1.54, 1.807) is 7.11 Å². The summed E-state index contributed by atoms with van der Waals surface area (Å²) in [4.78, 5) is 2.21. The number of aliphatic hydroxyl groups excluding tert-OH is 1. The van der Waals surface area contributed by atoms with E-state index < -0.39 is 0 Å². The summed E-state index contributed by atoms with van der Waals surface area (Å²) in [6, 6.07) is 0.379. The summed E-state index contributed by atoms with van der Waals surface area (Å²) >= 11 is 0. The first kappa shape index (κ1) is 12.9. The number of aliphatic hydroxyl groups is 1. The predicted molar refractivity (Wildman–Crippen MR) is 58.9 cm³/mol. The largest absolute Gasteiger partial charge is 0.393 e. The molecule has 3 atom stereocenters. The van der Waals surface area contributed by atoms with Gasteiger partial charge in [-0.15, -0.1) is 0 Å².